The van der Waals surface area contributed by atoms with Gasteiger partial charge in [0.25, 0.3) is 0 Å². The van der Waals surface area contributed by atoms with Crippen LogP contribution in [0, 0.1) is 13.8 Å². The molecular weight excluding hydrogens is 238 g/mol. The van der Waals surface area contributed by atoms with E-state index in [0.29, 0.717) is 6.61 Å². The molecule has 0 radical (unpaired) electrons. The lowest BCUT2D eigenvalue weighted by molar-refractivity contribution is 0.267. The molecule has 0 aliphatic rings. The molecule has 0 saturated heterocycles. The number of nitrogens with one attached hydrogen (secondary N) is 1. The summed E-state index contributed by atoms with van der Waals surface area (Å²) in [5, 5.41) is 3.30. The first kappa shape index (κ1) is 13.7. The number of hydrogen-bond acceptors (Lipinski definition) is 3. The van der Waals surface area contributed by atoms with E-state index < -0.39 is 0 Å². The third kappa shape index (κ3) is 3.86. The molecule has 1 N–H and O–H groups in total. The minimum Gasteiger partial charge on any atom is -0.486 e. The normalized spacial score (nSPS) is 10.7. The fraction of sp³-hybridized carbons (Fsp3) is 0.375. The van der Waals surface area contributed by atoms with Gasteiger partial charge in [-0.1, -0.05) is 24.6 Å². The van der Waals surface area contributed by atoms with Crippen LogP contribution in [0.5, 0.6) is 5.75 Å². The summed E-state index contributed by atoms with van der Waals surface area (Å²) in [6.45, 7) is 8.41. The largest absolute Gasteiger partial charge is 0.486 e. The lowest BCUT2D eigenvalue weighted by Crippen LogP contribution is -2.11. The van der Waals surface area contributed by atoms with Crippen LogP contribution in [0.3, 0.4) is 0 Å². The fourth-order valence-electron chi connectivity index (χ4n) is 1.88. The van der Waals surface area contributed by atoms with Gasteiger partial charge in [-0.2, -0.15) is 0 Å². The van der Waals surface area contributed by atoms with E-state index in [4.69, 9.17) is 9.15 Å². The maximum absolute atomic E-state index is 5.71. The number of hydrogen-bond donors (Lipinski definition) is 1. The fourth-order valence-corrected chi connectivity index (χ4v) is 1.88. The van der Waals surface area contributed by atoms with Crippen LogP contribution in [0.1, 0.15) is 29.6 Å². The second-order valence-corrected chi connectivity index (χ2v) is 4.68. The minimum atomic E-state index is 0.468. The van der Waals surface area contributed by atoms with Gasteiger partial charge in [0.1, 0.15) is 23.9 Å². The van der Waals surface area contributed by atoms with Crippen LogP contribution in [0.15, 0.2) is 34.7 Å². The Morgan fingerprint density at radius 1 is 1.16 bits per heavy atom. The molecule has 0 amide bonds. The highest BCUT2D eigenvalue weighted by Gasteiger charge is 2.07. The van der Waals surface area contributed by atoms with Crippen molar-refractivity contribution >= 4 is 0 Å². The standard InChI is InChI=1S/C16H21NO2/c1-4-17-10-14-9-16(19-13(14)3)11-18-15-7-5-12(2)6-8-15/h5-9,17H,4,10-11H2,1-3H3. The Morgan fingerprint density at radius 3 is 2.58 bits per heavy atom. The van der Waals surface area contributed by atoms with Gasteiger partial charge in [0.15, 0.2) is 0 Å². The minimum absolute atomic E-state index is 0.468. The molecule has 1 aromatic heterocycles. The van der Waals surface area contributed by atoms with Crippen molar-refractivity contribution in [2.45, 2.75) is 33.9 Å². The maximum Gasteiger partial charge on any atom is 0.146 e. The van der Waals surface area contributed by atoms with Gasteiger partial charge in [0.2, 0.25) is 0 Å². The van der Waals surface area contributed by atoms with Crippen molar-refractivity contribution in [1.82, 2.24) is 5.32 Å². The molecule has 3 heteroatoms. The van der Waals surface area contributed by atoms with Crippen LogP contribution in [0.2, 0.25) is 0 Å². The third-order valence-corrected chi connectivity index (χ3v) is 3.04. The van der Waals surface area contributed by atoms with Gasteiger partial charge in [-0.15, -0.1) is 0 Å². The van der Waals surface area contributed by atoms with E-state index in [9.17, 15) is 0 Å². The number of rotatable bonds is 6. The SMILES string of the molecule is CCNCc1cc(COc2ccc(C)cc2)oc1C. The summed E-state index contributed by atoms with van der Waals surface area (Å²) >= 11 is 0. The van der Waals surface area contributed by atoms with Gasteiger partial charge >= 0.3 is 0 Å². The van der Waals surface area contributed by atoms with Crippen molar-refractivity contribution in [2.24, 2.45) is 0 Å². The Bertz CT molecular complexity index is 514. The molecular formula is C16H21NO2. The van der Waals surface area contributed by atoms with E-state index in [0.717, 1.165) is 30.4 Å². The molecule has 0 aliphatic carbocycles. The number of ether oxygens (including phenoxy) is 1. The smallest absolute Gasteiger partial charge is 0.146 e. The van der Waals surface area contributed by atoms with Crippen molar-refractivity contribution in [2.75, 3.05) is 6.54 Å². The molecule has 102 valence electrons. The molecule has 2 rings (SSSR count). The number of furan rings is 1. The highest BCUT2D eigenvalue weighted by Crippen LogP contribution is 2.18. The molecule has 0 atom stereocenters. The monoisotopic (exact) mass is 259 g/mol. The highest BCUT2D eigenvalue weighted by atomic mass is 16.5. The van der Waals surface area contributed by atoms with Crippen LogP contribution in [0.25, 0.3) is 0 Å². The first-order valence-corrected chi connectivity index (χ1v) is 6.67. The van der Waals surface area contributed by atoms with Crippen molar-refractivity contribution < 1.29 is 9.15 Å². The van der Waals surface area contributed by atoms with Gasteiger partial charge < -0.3 is 14.5 Å². The molecule has 2 aromatic rings. The van der Waals surface area contributed by atoms with E-state index in [1.54, 1.807) is 0 Å². The summed E-state index contributed by atoms with van der Waals surface area (Å²) < 4.78 is 11.4. The van der Waals surface area contributed by atoms with Crippen molar-refractivity contribution in [3.05, 3.63) is 53.0 Å². The lowest BCUT2D eigenvalue weighted by atomic mass is 10.2. The molecule has 0 unspecified atom stereocenters. The summed E-state index contributed by atoms with van der Waals surface area (Å²) in [7, 11) is 0. The second kappa shape index (κ2) is 6.43. The van der Waals surface area contributed by atoms with Crippen LogP contribution < -0.4 is 10.1 Å². The summed E-state index contributed by atoms with van der Waals surface area (Å²) in [4.78, 5) is 0. The topological polar surface area (TPSA) is 34.4 Å². The quantitative estimate of drug-likeness (QED) is 0.861. The van der Waals surface area contributed by atoms with E-state index in [-0.39, 0.29) is 0 Å². The van der Waals surface area contributed by atoms with Crippen molar-refractivity contribution in [1.29, 1.82) is 0 Å². The zero-order valence-corrected chi connectivity index (χ0v) is 11.8. The van der Waals surface area contributed by atoms with Gasteiger partial charge in [-0.05, 0) is 38.6 Å². The Morgan fingerprint density at radius 2 is 1.89 bits per heavy atom. The third-order valence-electron chi connectivity index (χ3n) is 3.04. The second-order valence-electron chi connectivity index (χ2n) is 4.68. The molecule has 3 nitrogen and oxygen atoms in total. The average molecular weight is 259 g/mol. The van der Waals surface area contributed by atoms with E-state index >= 15 is 0 Å². The molecule has 0 fully saturated rings. The Hall–Kier alpha value is -1.74. The zero-order valence-electron chi connectivity index (χ0n) is 11.8. The van der Waals surface area contributed by atoms with E-state index in [1.807, 2.05) is 31.2 Å². The van der Waals surface area contributed by atoms with Gasteiger partial charge in [-0.3, -0.25) is 0 Å². The van der Waals surface area contributed by atoms with Crippen LogP contribution in [-0.4, -0.2) is 6.54 Å². The van der Waals surface area contributed by atoms with E-state index in [2.05, 4.69) is 25.2 Å². The predicted molar refractivity (Wildman–Crippen MR) is 76.3 cm³/mol. The lowest BCUT2D eigenvalue weighted by Gasteiger charge is -2.03. The van der Waals surface area contributed by atoms with Gasteiger partial charge in [0, 0.05) is 12.1 Å². The Balaban J connectivity index is 1.94. The van der Waals surface area contributed by atoms with Crippen molar-refractivity contribution in [3.63, 3.8) is 0 Å². The summed E-state index contributed by atoms with van der Waals surface area (Å²) in [6.07, 6.45) is 0. The van der Waals surface area contributed by atoms with E-state index in [1.165, 1.54) is 11.1 Å². The Labute approximate surface area is 114 Å². The maximum atomic E-state index is 5.71. The highest BCUT2D eigenvalue weighted by molar-refractivity contribution is 5.27. The zero-order chi connectivity index (χ0) is 13.7. The van der Waals surface area contributed by atoms with Gasteiger partial charge in [0.05, 0.1) is 0 Å². The molecule has 0 saturated carbocycles. The molecule has 19 heavy (non-hydrogen) atoms. The number of benzene rings is 1. The number of aryl methyl sites for hydroxylation is 2. The summed E-state index contributed by atoms with van der Waals surface area (Å²) in [5.74, 6) is 2.70. The summed E-state index contributed by atoms with van der Waals surface area (Å²) in [5.41, 5.74) is 2.43. The molecule has 0 spiro atoms. The first-order valence-electron chi connectivity index (χ1n) is 6.67. The van der Waals surface area contributed by atoms with Crippen LogP contribution >= 0.6 is 0 Å². The molecule has 1 aromatic carbocycles. The van der Waals surface area contributed by atoms with Crippen molar-refractivity contribution in [3.8, 4) is 5.75 Å². The molecule has 0 aliphatic heterocycles. The van der Waals surface area contributed by atoms with Crippen LogP contribution in [0.4, 0.5) is 0 Å². The molecule has 0 bridgehead atoms. The first-order chi connectivity index (χ1) is 9.19. The summed E-state index contributed by atoms with van der Waals surface area (Å²) in [6, 6.07) is 10.1. The molecule has 1 heterocycles. The van der Waals surface area contributed by atoms with Gasteiger partial charge in [-0.25, -0.2) is 0 Å². The Kier molecular flexibility index (Phi) is 4.63. The predicted octanol–water partition coefficient (Wildman–Crippen LogP) is 3.58. The average Bonchev–Trinajstić information content (AvgIpc) is 2.76. The van der Waals surface area contributed by atoms with Crippen LogP contribution in [-0.2, 0) is 13.2 Å².